The van der Waals surface area contributed by atoms with Crippen LogP contribution < -0.4 is 10.6 Å². The molecule has 0 saturated heterocycles. The number of hydrogen-bond acceptors (Lipinski definition) is 3. The molecule has 1 amide bonds. The van der Waals surface area contributed by atoms with Gasteiger partial charge in [-0.3, -0.25) is 9.48 Å². The minimum atomic E-state index is -0.0144. The van der Waals surface area contributed by atoms with E-state index in [2.05, 4.69) is 21.8 Å². The summed E-state index contributed by atoms with van der Waals surface area (Å²) in [5.74, 6) is -0.0144. The zero-order chi connectivity index (χ0) is 13.7. The largest absolute Gasteiger partial charge is 0.352 e. The maximum absolute atomic E-state index is 12.1. The first kappa shape index (κ1) is 13.8. The molecule has 5 heteroatoms. The summed E-state index contributed by atoms with van der Waals surface area (Å²) in [5.41, 5.74) is 2.99. The highest BCUT2D eigenvalue weighted by atomic mass is 16.1. The molecule has 104 valence electrons. The highest BCUT2D eigenvalue weighted by molar-refractivity contribution is 5.95. The Morgan fingerprint density at radius 2 is 2.42 bits per heavy atom. The molecule has 19 heavy (non-hydrogen) atoms. The van der Waals surface area contributed by atoms with Crippen LogP contribution >= 0.6 is 0 Å². The lowest BCUT2D eigenvalue weighted by atomic mass is 10.1. The van der Waals surface area contributed by atoms with Crippen LogP contribution in [0, 0.1) is 0 Å². The zero-order valence-corrected chi connectivity index (χ0v) is 11.7. The SMILES string of the molecule is CCc1nn(C)cc1C(=O)NCCC1=CCNCC1. The van der Waals surface area contributed by atoms with Crippen LogP contribution in [0.5, 0.6) is 0 Å². The van der Waals surface area contributed by atoms with Crippen molar-refractivity contribution >= 4 is 5.91 Å². The summed E-state index contributed by atoms with van der Waals surface area (Å²) in [7, 11) is 1.84. The molecule has 0 spiro atoms. The molecule has 0 aromatic carbocycles. The molecule has 1 aliphatic rings. The Hall–Kier alpha value is -1.62. The van der Waals surface area contributed by atoms with Crippen molar-refractivity contribution in [3.8, 4) is 0 Å². The van der Waals surface area contributed by atoms with E-state index in [0.717, 1.165) is 38.0 Å². The summed E-state index contributed by atoms with van der Waals surface area (Å²) in [6, 6.07) is 0. The molecule has 0 unspecified atom stereocenters. The molecule has 0 saturated carbocycles. The van der Waals surface area contributed by atoms with E-state index in [4.69, 9.17) is 0 Å². The number of carbonyl (C=O) groups is 1. The van der Waals surface area contributed by atoms with Gasteiger partial charge in [0.2, 0.25) is 0 Å². The summed E-state index contributed by atoms with van der Waals surface area (Å²) in [4.78, 5) is 12.1. The van der Waals surface area contributed by atoms with Gasteiger partial charge in [-0.15, -0.1) is 0 Å². The monoisotopic (exact) mass is 262 g/mol. The number of aromatic nitrogens is 2. The van der Waals surface area contributed by atoms with E-state index in [0.29, 0.717) is 12.1 Å². The van der Waals surface area contributed by atoms with Gasteiger partial charge in [-0.1, -0.05) is 18.6 Å². The molecule has 1 aliphatic heterocycles. The maximum atomic E-state index is 12.1. The van der Waals surface area contributed by atoms with Crippen molar-refractivity contribution in [1.82, 2.24) is 20.4 Å². The first-order valence-electron chi connectivity index (χ1n) is 6.90. The molecular formula is C14H22N4O. The van der Waals surface area contributed by atoms with Crippen LogP contribution in [-0.4, -0.2) is 35.3 Å². The fourth-order valence-electron chi connectivity index (χ4n) is 2.31. The third-order valence-corrected chi connectivity index (χ3v) is 3.37. The second kappa shape index (κ2) is 6.52. The Morgan fingerprint density at radius 3 is 3.11 bits per heavy atom. The van der Waals surface area contributed by atoms with Crippen LogP contribution in [0.3, 0.4) is 0 Å². The van der Waals surface area contributed by atoms with E-state index in [1.54, 1.807) is 10.9 Å². The number of hydrogen-bond donors (Lipinski definition) is 2. The number of amides is 1. The van der Waals surface area contributed by atoms with Gasteiger partial charge in [0.15, 0.2) is 0 Å². The Morgan fingerprint density at radius 1 is 1.58 bits per heavy atom. The smallest absolute Gasteiger partial charge is 0.254 e. The fraction of sp³-hybridized carbons (Fsp3) is 0.571. The summed E-state index contributed by atoms with van der Waals surface area (Å²) in [5, 5.41) is 10.5. The van der Waals surface area contributed by atoms with Gasteiger partial charge in [0.1, 0.15) is 0 Å². The third-order valence-electron chi connectivity index (χ3n) is 3.37. The molecular weight excluding hydrogens is 240 g/mol. The fourth-order valence-corrected chi connectivity index (χ4v) is 2.31. The van der Waals surface area contributed by atoms with Gasteiger partial charge in [0.05, 0.1) is 11.3 Å². The number of aryl methyl sites for hydroxylation is 2. The van der Waals surface area contributed by atoms with Gasteiger partial charge in [-0.25, -0.2) is 0 Å². The minimum Gasteiger partial charge on any atom is -0.352 e. The molecule has 0 bridgehead atoms. The van der Waals surface area contributed by atoms with E-state index in [9.17, 15) is 4.79 Å². The minimum absolute atomic E-state index is 0.0144. The van der Waals surface area contributed by atoms with Gasteiger partial charge >= 0.3 is 0 Å². The summed E-state index contributed by atoms with van der Waals surface area (Å²) >= 11 is 0. The number of carbonyl (C=O) groups excluding carboxylic acids is 1. The van der Waals surface area contributed by atoms with E-state index in [1.165, 1.54) is 5.57 Å². The Kier molecular flexibility index (Phi) is 4.74. The summed E-state index contributed by atoms with van der Waals surface area (Å²) in [6.45, 7) is 4.70. The van der Waals surface area contributed by atoms with Crippen LogP contribution in [0.1, 0.15) is 35.8 Å². The van der Waals surface area contributed by atoms with Crippen LogP contribution in [0.15, 0.2) is 17.8 Å². The molecule has 2 heterocycles. The van der Waals surface area contributed by atoms with E-state index in [1.807, 2.05) is 14.0 Å². The number of nitrogens with one attached hydrogen (secondary N) is 2. The van der Waals surface area contributed by atoms with Crippen molar-refractivity contribution in [2.45, 2.75) is 26.2 Å². The summed E-state index contributed by atoms with van der Waals surface area (Å²) in [6.07, 6.45) is 6.81. The first-order valence-corrected chi connectivity index (χ1v) is 6.90. The predicted octanol–water partition coefficient (Wildman–Crippen LogP) is 1.02. The van der Waals surface area contributed by atoms with Crippen molar-refractivity contribution in [2.24, 2.45) is 7.05 Å². The lowest BCUT2D eigenvalue weighted by Crippen LogP contribution is -2.27. The molecule has 0 aliphatic carbocycles. The molecule has 2 N–H and O–H groups in total. The quantitative estimate of drug-likeness (QED) is 0.779. The molecule has 1 aromatic rings. The molecule has 0 radical (unpaired) electrons. The van der Waals surface area contributed by atoms with Crippen LogP contribution in [0.2, 0.25) is 0 Å². The van der Waals surface area contributed by atoms with Crippen LogP contribution in [0.25, 0.3) is 0 Å². The number of rotatable bonds is 5. The van der Waals surface area contributed by atoms with Crippen molar-refractivity contribution < 1.29 is 4.79 Å². The van der Waals surface area contributed by atoms with Gasteiger partial charge in [0.25, 0.3) is 5.91 Å². The Bertz CT molecular complexity index is 476. The van der Waals surface area contributed by atoms with E-state index in [-0.39, 0.29) is 5.91 Å². The van der Waals surface area contributed by atoms with Crippen LogP contribution in [-0.2, 0) is 13.5 Å². The third kappa shape index (κ3) is 3.67. The van der Waals surface area contributed by atoms with E-state index < -0.39 is 0 Å². The lowest BCUT2D eigenvalue weighted by Gasteiger charge is -2.14. The standard InChI is InChI=1S/C14H22N4O/c1-3-13-12(10-18(2)17-13)14(19)16-9-6-11-4-7-15-8-5-11/h4,10,15H,3,5-9H2,1-2H3,(H,16,19). The van der Waals surface area contributed by atoms with Gasteiger partial charge in [-0.2, -0.15) is 5.10 Å². The van der Waals surface area contributed by atoms with Gasteiger partial charge in [-0.05, 0) is 25.8 Å². The van der Waals surface area contributed by atoms with E-state index >= 15 is 0 Å². The van der Waals surface area contributed by atoms with Crippen molar-refractivity contribution in [3.05, 3.63) is 29.1 Å². The molecule has 0 fully saturated rings. The average molecular weight is 262 g/mol. The second-order valence-corrected chi connectivity index (χ2v) is 4.84. The molecule has 1 aromatic heterocycles. The topological polar surface area (TPSA) is 59.0 Å². The normalized spacial score (nSPS) is 15.2. The molecule has 5 nitrogen and oxygen atoms in total. The number of nitrogens with zero attached hydrogens (tertiary/aromatic N) is 2. The summed E-state index contributed by atoms with van der Waals surface area (Å²) < 4.78 is 1.70. The Balaban J connectivity index is 1.85. The molecule has 0 atom stereocenters. The van der Waals surface area contributed by atoms with Gasteiger partial charge in [0, 0.05) is 26.3 Å². The van der Waals surface area contributed by atoms with Crippen molar-refractivity contribution in [1.29, 1.82) is 0 Å². The average Bonchev–Trinajstić information content (AvgIpc) is 2.81. The second-order valence-electron chi connectivity index (χ2n) is 4.84. The highest BCUT2D eigenvalue weighted by Crippen LogP contribution is 2.09. The zero-order valence-electron chi connectivity index (χ0n) is 11.7. The Labute approximate surface area is 114 Å². The predicted molar refractivity (Wildman–Crippen MR) is 75.1 cm³/mol. The maximum Gasteiger partial charge on any atom is 0.254 e. The van der Waals surface area contributed by atoms with Crippen molar-refractivity contribution in [2.75, 3.05) is 19.6 Å². The van der Waals surface area contributed by atoms with Crippen LogP contribution in [0.4, 0.5) is 0 Å². The highest BCUT2D eigenvalue weighted by Gasteiger charge is 2.13. The first-order chi connectivity index (χ1) is 9.20. The lowest BCUT2D eigenvalue weighted by molar-refractivity contribution is 0.0953. The van der Waals surface area contributed by atoms with Gasteiger partial charge < -0.3 is 10.6 Å². The molecule has 2 rings (SSSR count). The van der Waals surface area contributed by atoms with Crippen molar-refractivity contribution in [3.63, 3.8) is 0 Å².